The van der Waals surface area contributed by atoms with Crippen LogP contribution in [0.1, 0.15) is 41.5 Å². The fourth-order valence-electron chi connectivity index (χ4n) is 3.92. The molecule has 3 heteroatoms. The van der Waals surface area contributed by atoms with E-state index in [0.29, 0.717) is 6.42 Å². The molecule has 0 heterocycles. The largest absolute Gasteiger partial charge is 0.481 e. The van der Waals surface area contributed by atoms with E-state index in [-0.39, 0.29) is 5.92 Å². The standard InChI is InChI=1S/C21H22O3/c22-21(23)17-6-5-15-8-10-20(13-18(15)11-17)24-19-9-7-14-3-1-2-4-16(14)12-19/h7-10,12-13,17H,1-6,11H2,(H,22,23). The highest BCUT2D eigenvalue weighted by atomic mass is 16.5. The zero-order chi connectivity index (χ0) is 16.5. The lowest BCUT2D eigenvalue weighted by molar-refractivity contribution is -0.142. The first-order valence-electron chi connectivity index (χ1n) is 8.83. The Morgan fingerprint density at radius 3 is 2.21 bits per heavy atom. The first-order chi connectivity index (χ1) is 11.7. The maximum atomic E-state index is 11.2. The third-order valence-electron chi connectivity index (χ3n) is 5.31. The SMILES string of the molecule is O=C(O)C1CCc2ccc(Oc3ccc4c(c3)CCCC4)cc2C1. The highest BCUT2D eigenvalue weighted by Gasteiger charge is 2.24. The van der Waals surface area contributed by atoms with E-state index in [1.807, 2.05) is 18.2 Å². The Balaban J connectivity index is 1.55. The predicted molar refractivity (Wildman–Crippen MR) is 92.8 cm³/mol. The molecule has 0 saturated heterocycles. The van der Waals surface area contributed by atoms with Crippen molar-refractivity contribution in [3.8, 4) is 11.5 Å². The van der Waals surface area contributed by atoms with Crippen LogP contribution in [-0.4, -0.2) is 11.1 Å². The summed E-state index contributed by atoms with van der Waals surface area (Å²) < 4.78 is 6.06. The number of carbonyl (C=O) groups is 1. The van der Waals surface area contributed by atoms with E-state index in [2.05, 4.69) is 18.2 Å². The molecule has 0 aliphatic heterocycles. The first-order valence-corrected chi connectivity index (χ1v) is 8.83. The summed E-state index contributed by atoms with van der Waals surface area (Å²) in [6, 6.07) is 12.5. The highest BCUT2D eigenvalue weighted by Crippen LogP contribution is 2.32. The van der Waals surface area contributed by atoms with E-state index < -0.39 is 5.97 Å². The minimum atomic E-state index is -0.693. The second-order valence-corrected chi connectivity index (χ2v) is 6.95. The Hall–Kier alpha value is -2.29. The fraction of sp³-hybridized carbons (Fsp3) is 0.381. The van der Waals surface area contributed by atoms with E-state index in [4.69, 9.17) is 4.74 Å². The summed E-state index contributed by atoms with van der Waals surface area (Å²) in [4.78, 5) is 11.2. The molecule has 0 aromatic heterocycles. The Kier molecular flexibility index (Phi) is 4.01. The van der Waals surface area contributed by atoms with Gasteiger partial charge in [0.25, 0.3) is 0 Å². The molecule has 124 valence electrons. The maximum Gasteiger partial charge on any atom is 0.306 e. The summed E-state index contributed by atoms with van der Waals surface area (Å²) in [6.07, 6.45) is 7.02. The molecule has 0 amide bonds. The molecule has 3 nitrogen and oxygen atoms in total. The molecule has 1 atom stereocenters. The molecule has 2 aromatic rings. The topological polar surface area (TPSA) is 46.5 Å². The molecule has 2 aliphatic rings. The van der Waals surface area contributed by atoms with E-state index >= 15 is 0 Å². The van der Waals surface area contributed by atoms with Crippen molar-refractivity contribution in [3.05, 3.63) is 58.7 Å². The Morgan fingerprint density at radius 2 is 1.50 bits per heavy atom. The van der Waals surface area contributed by atoms with Gasteiger partial charge in [-0.05, 0) is 91.5 Å². The van der Waals surface area contributed by atoms with Crippen molar-refractivity contribution in [2.45, 2.75) is 44.9 Å². The van der Waals surface area contributed by atoms with Crippen LogP contribution in [0.5, 0.6) is 11.5 Å². The third kappa shape index (κ3) is 3.03. The second-order valence-electron chi connectivity index (χ2n) is 6.95. The van der Waals surface area contributed by atoms with Gasteiger partial charge in [0, 0.05) is 0 Å². The normalized spacial score (nSPS) is 19.2. The van der Waals surface area contributed by atoms with Gasteiger partial charge >= 0.3 is 5.97 Å². The van der Waals surface area contributed by atoms with Crippen molar-refractivity contribution in [1.82, 2.24) is 0 Å². The summed E-state index contributed by atoms with van der Waals surface area (Å²) >= 11 is 0. The van der Waals surface area contributed by atoms with Crippen LogP contribution in [-0.2, 0) is 30.5 Å². The summed E-state index contributed by atoms with van der Waals surface area (Å²) in [5.74, 6) is 0.717. The lowest BCUT2D eigenvalue weighted by Gasteiger charge is -2.22. The maximum absolute atomic E-state index is 11.2. The number of aliphatic carboxylic acids is 1. The predicted octanol–water partition coefficient (Wildman–Crippen LogP) is 4.55. The summed E-state index contributed by atoms with van der Waals surface area (Å²) in [5, 5.41) is 9.25. The van der Waals surface area contributed by atoms with E-state index in [1.54, 1.807) is 0 Å². The fourth-order valence-corrected chi connectivity index (χ4v) is 3.92. The molecule has 0 fully saturated rings. The Bertz CT molecular complexity index is 779. The molecular weight excluding hydrogens is 300 g/mol. The molecule has 4 rings (SSSR count). The van der Waals surface area contributed by atoms with Crippen LogP contribution in [0, 0.1) is 5.92 Å². The number of ether oxygens (including phenoxy) is 1. The van der Waals surface area contributed by atoms with Crippen LogP contribution in [0.3, 0.4) is 0 Å². The zero-order valence-electron chi connectivity index (χ0n) is 13.8. The number of rotatable bonds is 3. The van der Waals surface area contributed by atoms with Gasteiger partial charge in [-0.25, -0.2) is 0 Å². The number of fused-ring (bicyclic) bond motifs is 2. The molecule has 0 bridgehead atoms. The van der Waals surface area contributed by atoms with Gasteiger partial charge in [-0.1, -0.05) is 12.1 Å². The van der Waals surface area contributed by atoms with Crippen LogP contribution in [0.15, 0.2) is 36.4 Å². The van der Waals surface area contributed by atoms with Gasteiger partial charge < -0.3 is 9.84 Å². The van der Waals surface area contributed by atoms with Crippen molar-refractivity contribution in [2.75, 3.05) is 0 Å². The van der Waals surface area contributed by atoms with E-state index in [1.165, 1.54) is 36.0 Å². The summed E-state index contributed by atoms with van der Waals surface area (Å²) in [5.41, 5.74) is 5.22. The molecule has 24 heavy (non-hydrogen) atoms. The Labute approximate surface area is 142 Å². The molecule has 0 spiro atoms. The molecule has 1 unspecified atom stereocenters. The van der Waals surface area contributed by atoms with Gasteiger partial charge in [0.1, 0.15) is 11.5 Å². The van der Waals surface area contributed by atoms with Crippen LogP contribution in [0.2, 0.25) is 0 Å². The van der Waals surface area contributed by atoms with Crippen molar-refractivity contribution in [2.24, 2.45) is 5.92 Å². The van der Waals surface area contributed by atoms with Crippen LogP contribution in [0.25, 0.3) is 0 Å². The van der Waals surface area contributed by atoms with E-state index in [0.717, 1.165) is 36.3 Å². The Morgan fingerprint density at radius 1 is 0.875 bits per heavy atom. The average molecular weight is 322 g/mol. The third-order valence-corrected chi connectivity index (χ3v) is 5.31. The minimum absolute atomic E-state index is 0.267. The van der Waals surface area contributed by atoms with Crippen molar-refractivity contribution in [1.29, 1.82) is 0 Å². The smallest absolute Gasteiger partial charge is 0.306 e. The number of hydrogen-bond acceptors (Lipinski definition) is 2. The molecule has 0 radical (unpaired) electrons. The first kappa shape index (κ1) is 15.3. The minimum Gasteiger partial charge on any atom is -0.481 e. The monoisotopic (exact) mass is 322 g/mol. The number of carboxylic acid groups (broad SMARTS) is 1. The zero-order valence-corrected chi connectivity index (χ0v) is 13.8. The summed E-state index contributed by atoms with van der Waals surface area (Å²) in [6.45, 7) is 0. The molecule has 2 aliphatic carbocycles. The summed E-state index contributed by atoms with van der Waals surface area (Å²) in [7, 11) is 0. The lowest BCUT2D eigenvalue weighted by atomic mass is 9.84. The number of carboxylic acids is 1. The second kappa shape index (κ2) is 6.31. The van der Waals surface area contributed by atoms with Gasteiger partial charge in [-0.15, -0.1) is 0 Å². The molecule has 2 aromatic carbocycles. The van der Waals surface area contributed by atoms with Crippen LogP contribution >= 0.6 is 0 Å². The number of benzene rings is 2. The number of hydrogen-bond donors (Lipinski definition) is 1. The molecule has 1 N–H and O–H groups in total. The molecular formula is C21H22O3. The van der Waals surface area contributed by atoms with E-state index in [9.17, 15) is 9.90 Å². The quantitative estimate of drug-likeness (QED) is 0.902. The lowest BCUT2D eigenvalue weighted by Crippen LogP contribution is -2.22. The van der Waals surface area contributed by atoms with Crippen molar-refractivity contribution >= 4 is 5.97 Å². The number of aryl methyl sites for hydroxylation is 3. The van der Waals surface area contributed by atoms with Crippen molar-refractivity contribution in [3.63, 3.8) is 0 Å². The van der Waals surface area contributed by atoms with Gasteiger partial charge in [0.05, 0.1) is 5.92 Å². The van der Waals surface area contributed by atoms with Gasteiger partial charge in [0.15, 0.2) is 0 Å². The molecule has 0 saturated carbocycles. The van der Waals surface area contributed by atoms with Crippen LogP contribution < -0.4 is 4.74 Å². The van der Waals surface area contributed by atoms with Crippen molar-refractivity contribution < 1.29 is 14.6 Å². The van der Waals surface area contributed by atoms with Gasteiger partial charge in [-0.2, -0.15) is 0 Å². The highest BCUT2D eigenvalue weighted by molar-refractivity contribution is 5.71. The van der Waals surface area contributed by atoms with Gasteiger partial charge in [0.2, 0.25) is 0 Å². The van der Waals surface area contributed by atoms with Crippen LogP contribution in [0.4, 0.5) is 0 Å². The van der Waals surface area contributed by atoms with Gasteiger partial charge in [-0.3, -0.25) is 4.79 Å². The average Bonchev–Trinajstić information content (AvgIpc) is 2.61.